The van der Waals surface area contributed by atoms with Crippen LogP contribution in [0.25, 0.3) is 0 Å². The van der Waals surface area contributed by atoms with Crippen LogP contribution in [0.5, 0.6) is 0 Å². The van der Waals surface area contributed by atoms with Crippen molar-refractivity contribution in [3.63, 3.8) is 0 Å². The van der Waals surface area contributed by atoms with Crippen molar-refractivity contribution in [2.45, 2.75) is 19.4 Å². The molecule has 1 aromatic carbocycles. The van der Waals surface area contributed by atoms with E-state index in [-0.39, 0.29) is 42.5 Å². The van der Waals surface area contributed by atoms with Gasteiger partial charge in [0, 0.05) is 30.0 Å². The van der Waals surface area contributed by atoms with Gasteiger partial charge in [0.25, 0.3) is 0 Å². The summed E-state index contributed by atoms with van der Waals surface area (Å²) in [6.45, 7) is 2.94. The van der Waals surface area contributed by atoms with Gasteiger partial charge in [0.15, 0.2) is 5.96 Å². The Kier molecular flexibility index (Phi) is 10.9. The molecule has 2 aromatic rings. The first-order chi connectivity index (χ1) is 12.5. The number of thiophene rings is 1. The minimum Gasteiger partial charge on any atom is -0.356 e. The lowest BCUT2D eigenvalue weighted by Crippen LogP contribution is -2.40. The zero-order valence-electron chi connectivity index (χ0n) is 15.7. The molecule has 0 aliphatic heterocycles. The van der Waals surface area contributed by atoms with Crippen molar-refractivity contribution in [1.82, 2.24) is 15.5 Å². The fourth-order valence-electron chi connectivity index (χ4n) is 2.31. The number of guanidine groups is 1. The van der Waals surface area contributed by atoms with Gasteiger partial charge in [-0.05, 0) is 36.4 Å². The number of benzene rings is 1. The average Bonchev–Trinajstić information content (AvgIpc) is 3.12. The third-order valence-electron chi connectivity index (χ3n) is 3.84. The summed E-state index contributed by atoms with van der Waals surface area (Å²) in [5.74, 6) is 0.609. The largest absolute Gasteiger partial charge is 0.356 e. The molecule has 0 bridgehead atoms. The number of carbonyl (C=O) groups is 1. The Bertz CT molecular complexity index is 737. The summed E-state index contributed by atoms with van der Waals surface area (Å²) >= 11 is 5.33. The quantitative estimate of drug-likeness (QED) is 0.303. The van der Waals surface area contributed by atoms with E-state index in [2.05, 4.69) is 62.1 Å². The molecule has 1 unspecified atom stereocenters. The molecule has 0 fully saturated rings. The Balaban J connectivity index is 0.00000364. The second-order valence-electron chi connectivity index (χ2n) is 6.10. The molecule has 2 rings (SSSR count). The SMILES string of the molecule is CC(NC(=NCC(=O)N(C)C)NCCc1cccs1)c1ccccc1Br.I. The van der Waals surface area contributed by atoms with Gasteiger partial charge in [-0.15, -0.1) is 35.3 Å². The second-order valence-corrected chi connectivity index (χ2v) is 7.98. The molecule has 0 aliphatic rings. The highest BCUT2D eigenvalue weighted by Crippen LogP contribution is 2.22. The van der Waals surface area contributed by atoms with E-state index in [0.717, 1.165) is 23.0 Å². The number of hydrogen-bond donors (Lipinski definition) is 2. The molecule has 148 valence electrons. The molecule has 8 heteroatoms. The Hall–Kier alpha value is -1.13. The van der Waals surface area contributed by atoms with Gasteiger partial charge in [-0.2, -0.15) is 0 Å². The summed E-state index contributed by atoms with van der Waals surface area (Å²) in [6.07, 6.45) is 0.920. The van der Waals surface area contributed by atoms with Crippen molar-refractivity contribution in [3.8, 4) is 0 Å². The van der Waals surface area contributed by atoms with Gasteiger partial charge < -0.3 is 15.5 Å². The normalized spacial score (nSPS) is 12.1. The van der Waals surface area contributed by atoms with Gasteiger partial charge in [0.05, 0.1) is 6.04 Å². The highest BCUT2D eigenvalue weighted by Gasteiger charge is 2.12. The monoisotopic (exact) mass is 564 g/mol. The summed E-state index contributed by atoms with van der Waals surface area (Å²) in [6, 6.07) is 12.3. The fraction of sp³-hybridized carbons (Fsp3) is 0.368. The van der Waals surface area contributed by atoms with Crippen LogP contribution >= 0.6 is 51.2 Å². The first-order valence-corrected chi connectivity index (χ1v) is 10.2. The van der Waals surface area contributed by atoms with E-state index >= 15 is 0 Å². The van der Waals surface area contributed by atoms with Crippen molar-refractivity contribution < 1.29 is 4.79 Å². The van der Waals surface area contributed by atoms with Crippen LogP contribution in [0.15, 0.2) is 51.2 Å². The minimum absolute atomic E-state index is 0. The molecule has 0 saturated carbocycles. The molecule has 2 N–H and O–H groups in total. The molecule has 1 amide bonds. The van der Waals surface area contributed by atoms with Crippen molar-refractivity contribution in [2.24, 2.45) is 4.99 Å². The topological polar surface area (TPSA) is 56.7 Å². The molecule has 1 aromatic heterocycles. The van der Waals surface area contributed by atoms with Crippen LogP contribution in [0.3, 0.4) is 0 Å². The maximum Gasteiger partial charge on any atom is 0.243 e. The number of rotatable bonds is 7. The number of amides is 1. The minimum atomic E-state index is -0.0297. The number of nitrogens with zero attached hydrogens (tertiary/aromatic N) is 2. The Morgan fingerprint density at radius 3 is 2.63 bits per heavy atom. The van der Waals surface area contributed by atoms with E-state index < -0.39 is 0 Å². The molecule has 5 nitrogen and oxygen atoms in total. The Morgan fingerprint density at radius 2 is 2.00 bits per heavy atom. The lowest BCUT2D eigenvalue weighted by molar-refractivity contribution is -0.127. The van der Waals surface area contributed by atoms with Crippen LogP contribution in [0.2, 0.25) is 0 Å². The van der Waals surface area contributed by atoms with E-state index in [9.17, 15) is 4.79 Å². The maximum atomic E-state index is 11.9. The fourth-order valence-corrected chi connectivity index (χ4v) is 3.65. The van der Waals surface area contributed by atoms with Crippen LogP contribution in [-0.4, -0.2) is 44.0 Å². The zero-order valence-corrected chi connectivity index (χ0v) is 20.5. The molecule has 1 atom stereocenters. The molecule has 27 heavy (non-hydrogen) atoms. The van der Waals surface area contributed by atoms with Crippen LogP contribution in [-0.2, 0) is 11.2 Å². The smallest absolute Gasteiger partial charge is 0.243 e. The number of aliphatic imine (C=N–C) groups is 1. The first kappa shape index (κ1) is 23.9. The number of hydrogen-bond acceptors (Lipinski definition) is 3. The van der Waals surface area contributed by atoms with E-state index in [0.29, 0.717) is 5.96 Å². The van der Waals surface area contributed by atoms with E-state index in [1.807, 2.05) is 18.2 Å². The highest BCUT2D eigenvalue weighted by molar-refractivity contribution is 14.0. The molecule has 0 aliphatic carbocycles. The van der Waals surface area contributed by atoms with Crippen LogP contribution < -0.4 is 10.6 Å². The number of halogens is 2. The van der Waals surface area contributed by atoms with Crippen LogP contribution in [0.4, 0.5) is 0 Å². The predicted molar refractivity (Wildman–Crippen MR) is 128 cm³/mol. The maximum absolute atomic E-state index is 11.9. The van der Waals surface area contributed by atoms with Crippen LogP contribution in [0, 0.1) is 0 Å². The Labute approximate surface area is 190 Å². The summed E-state index contributed by atoms with van der Waals surface area (Å²) < 4.78 is 1.04. The number of nitrogens with one attached hydrogen (secondary N) is 2. The second kappa shape index (κ2) is 12.4. The highest BCUT2D eigenvalue weighted by atomic mass is 127. The molecule has 1 heterocycles. The molecule has 0 radical (unpaired) electrons. The van der Waals surface area contributed by atoms with E-state index in [1.54, 1.807) is 30.3 Å². The number of likely N-dealkylation sites (N-methyl/N-ethyl adjacent to an activating group) is 1. The third kappa shape index (κ3) is 8.18. The summed E-state index contributed by atoms with van der Waals surface area (Å²) in [7, 11) is 3.47. The van der Waals surface area contributed by atoms with Gasteiger partial charge in [0.1, 0.15) is 6.54 Å². The lowest BCUT2D eigenvalue weighted by atomic mass is 10.1. The van der Waals surface area contributed by atoms with Crippen molar-refractivity contribution in [1.29, 1.82) is 0 Å². The molecular formula is C19H26BrIN4OS. The first-order valence-electron chi connectivity index (χ1n) is 8.49. The zero-order chi connectivity index (χ0) is 18.9. The predicted octanol–water partition coefficient (Wildman–Crippen LogP) is 4.06. The van der Waals surface area contributed by atoms with Crippen LogP contribution in [0.1, 0.15) is 23.4 Å². The molecule has 0 spiro atoms. The van der Waals surface area contributed by atoms with Gasteiger partial charge in [0.2, 0.25) is 5.91 Å². The van der Waals surface area contributed by atoms with Gasteiger partial charge in [-0.25, -0.2) is 4.99 Å². The average molecular weight is 565 g/mol. The van der Waals surface area contributed by atoms with E-state index in [1.165, 1.54) is 4.88 Å². The Morgan fingerprint density at radius 1 is 1.26 bits per heavy atom. The van der Waals surface area contributed by atoms with Crippen molar-refractivity contribution >= 4 is 63.1 Å². The van der Waals surface area contributed by atoms with Gasteiger partial charge >= 0.3 is 0 Å². The van der Waals surface area contributed by atoms with Crippen molar-refractivity contribution in [3.05, 3.63) is 56.7 Å². The summed E-state index contributed by atoms with van der Waals surface area (Å²) in [5, 5.41) is 8.80. The number of carbonyl (C=O) groups excluding carboxylic acids is 1. The standard InChI is InChI=1S/C19H25BrN4OS.HI/c1-14(16-8-4-5-9-17(16)20)23-19(22-13-18(25)24(2)3)21-11-10-15-7-6-12-26-15;/h4-9,12,14H,10-11,13H2,1-3H3,(H2,21,22,23);1H. The molecule has 0 saturated heterocycles. The van der Waals surface area contributed by atoms with Gasteiger partial charge in [-0.1, -0.05) is 40.2 Å². The summed E-state index contributed by atoms with van der Waals surface area (Å²) in [5.41, 5.74) is 1.14. The summed E-state index contributed by atoms with van der Waals surface area (Å²) in [4.78, 5) is 19.2. The third-order valence-corrected chi connectivity index (χ3v) is 5.50. The van der Waals surface area contributed by atoms with Gasteiger partial charge in [-0.3, -0.25) is 4.79 Å². The molecular weight excluding hydrogens is 539 g/mol. The lowest BCUT2D eigenvalue weighted by Gasteiger charge is -2.20. The van der Waals surface area contributed by atoms with E-state index in [4.69, 9.17) is 0 Å². The van der Waals surface area contributed by atoms with Crippen molar-refractivity contribution in [2.75, 3.05) is 27.2 Å².